The maximum atomic E-state index is 8.94. The second-order valence-corrected chi connectivity index (χ2v) is 7.14. The highest BCUT2D eigenvalue weighted by Gasteiger charge is 2.13. The molecule has 6 heteroatoms. The smallest absolute Gasteiger partial charge is 0.156 e. The third kappa shape index (κ3) is 5.86. The molecule has 3 rings (SSSR count). The summed E-state index contributed by atoms with van der Waals surface area (Å²) in [5, 5.41) is 9.41. The summed E-state index contributed by atoms with van der Waals surface area (Å²) in [5.41, 5.74) is 3.54. The van der Waals surface area contributed by atoms with Gasteiger partial charge in [0, 0.05) is 19.2 Å². The zero-order chi connectivity index (χ0) is 20.6. The minimum absolute atomic E-state index is 0.0743. The molecule has 0 saturated heterocycles. The van der Waals surface area contributed by atoms with E-state index in [1.165, 1.54) is 11.1 Å². The first-order chi connectivity index (χ1) is 14.1. The number of anilines is 1. The topological polar surface area (TPSA) is 54.8 Å². The Bertz CT molecular complexity index is 914. The lowest BCUT2D eigenvalue weighted by Crippen LogP contribution is -2.23. The van der Waals surface area contributed by atoms with Gasteiger partial charge in [0.05, 0.1) is 24.9 Å². The van der Waals surface area contributed by atoms with Crippen molar-refractivity contribution < 1.29 is 14.6 Å². The Morgan fingerprint density at radius 3 is 2.17 bits per heavy atom. The number of aliphatic hydroxyl groups excluding tert-OH is 1. The highest BCUT2D eigenvalue weighted by atomic mass is 35.5. The van der Waals surface area contributed by atoms with Crippen LogP contribution in [-0.2, 0) is 13.1 Å². The van der Waals surface area contributed by atoms with Crippen molar-refractivity contribution in [3.8, 4) is 11.5 Å². The van der Waals surface area contributed by atoms with Gasteiger partial charge in [0.15, 0.2) is 5.75 Å². The van der Waals surface area contributed by atoms with Gasteiger partial charge >= 0.3 is 0 Å². The molecule has 0 fully saturated rings. The number of aryl methyl sites for hydroxylation is 1. The van der Waals surface area contributed by atoms with Crippen LogP contribution in [0.2, 0.25) is 5.02 Å². The molecule has 0 aliphatic carbocycles. The molecule has 0 unspecified atom stereocenters. The van der Waals surface area contributed by atoms with Gasteiger partial charge in [-0.15, -0.1) is 0 Å². The lowest BCUT2D eigenvalue weighted by molar-refractivity contribution is 0.201. The summed E-state index contributed by atoms with van der Waals surface area (Å²) >= 11 is 6.39. The molecule has 0 aliphatic heterocycles. The molecule has 0 saturated carbocycles. The lowest BCUT2D eigenvalue weighted by Gasteiger charge is -2.25. The predicted molar refractivity (Wildman–Crippen MR) is 116 cm³/mol. The Balaban J connectivity index is 1.86. The van der Waals surface area contributed by atoms with Crippen molar-refractivity contribution >= 4 is 17.4 Å². The number of aromatic nitrogens is 1. The molecule has 0 amide bonds. The van der Waals surface area contributed by atoms with Crippen molar-refractivity contribution in [3.05, 3.63) is 82.5 Å². The van der Waals surface area contributed by atoms with Crippen molar-refractivity contribution in [2.45, 2.75) is 20.0 Å². The minimum atomic E-state index is -0.0743. The SMILES string of the molecule is COc1ccc(CN(Cc2ccc(C)cc2)c2cc(Cl)c(OCCO)cn2)cc1. The van der Waals surface area contributed by atoms with Gasteiger partial charge in [0.25, 0.3) is 0 Å². The number of benzene rings is 2. The average Bonchev–Trinajstić information content (AvgIpc) is 2.74. The first-order valence-corrected chi connectivity index (χ1v) is 9.79. The number of pyridine rings is 1. The summed E-state index contributed by atoms with van der Waals surface area (Å²) in [7, 11) is 1.66. The quantitative estimate of drug-likeness (QED) is 0.555. The molecule has 1 aromatic heterocycles. The fraction of sp³-hybridized carbons (Fsp3) is 0.261. The van der Waals surface area contributed by atoms with Crippen LogP contribution in [0.15, 0.2) is 60.8 Å². The Hall–Kier alpha value is -2.76. The lowest BCUT2D eigenvalue weighted by atomic mass is 10.1. The van der Waals surface area contributed by atoms with Crippen molar-refractivity contribution in [2.75, 3.05) is 25.2 Å². The van der Waals surface area contributed by atoms with Gasteiger partial charge in [0.2, 0.25) is 0 Å². The van der Waals surface area contributed by atoms with Crippen LogP contribution in [0, 0.1) is 6.92 Å². The Morgan fingerprint density at radius 1 is 1.00 bits per heavy atom. The maximum absolute atomic E-state index is 8.94. The number of methoxy groups -OCH3 is 1. The molecule has 0 aliphatic rings. The molecule has 0 spiro atoms. The Morgan fingerprint density at radius 2 is 1.62 bits per heavy atom. The van der Waals surface area contributed by atoms with Crippen LogP contribution in [0.1, 0.15) is 16.7 Å². The Kier molecular flexibility index (Phi) is 7.33. The zero-order valence-electron chi connectivity index (χ0n) is 16.6. The van der Waals surface area contributed by atoms with Crippen LogP contribution in [-0.4, -0.2) is 30.4 Å². The highest BCUT2D eigenvalue weighted by Crippen LogP contribution is 2.29. The molecular formula is C23H25ClN2O3. The van der Waals surface area contributed by atoms with E-state index in [0.29, 0.717) is 23.9 Å². The van der Waals surface area contributed by atoms with Crippen molar-refractivity contribution in [1.82, 2.24) is 4.98 Å². The predicted octanol–water partition coefficient (Wildman–Crippen LogP) is 4.63. The summed E-state index contributed by atoms with van der Waals surface area (Å²) in [6.45, 7) is 3.53. The van der Waals surface area contributed by atoms with E-state index in [4.69, 9.17) is 26.2 Å². The molecule has 1 heterocycles. The van der Waals surface area contributed by atoms with Crippen LogP contribution in [0.4, 0.5) is 5.82 Å². The number of hydrogen-bond acceptors (Lipinski definition) is 5. The molecule has 1 N–H and O–H groups in total. The van der Waals surface area contributed by atoms with E-state index in [0.717, 1.165) is 17.1 Å². The van der Waals surface area contributed by atoms with Gasteiger partial charge in [-0.2, -0.15) is 0 Å². The van der Waals surface area contributed by atoms with Gasteiger partial charge in [-0.3, -0.25) is 0 Å². The van der Waals surface area contributed by atoms with E-state index in [9.17, 15) is 0 Å². The molecule has 5 nitrogen and oxygen atoms in total. The van der Waals surface area contributed by atoms with Crippen LogP contribution < -0.4 is 14.4 Å². The van der Waals surface area contributed by atoms with Gasteiger partial charge in [-0.1, -0.05) is 53.6 Å². The van der Waals surface area contributed by atoms with E-state index in [2.05, 4.69) is 41.1 Å². The van der Waals surface area contributed by atoms with Crippen LogP contribution in [0.25, 0.3) is 0 Å². The van der Waals surface area contributed by atoms with E-state index < -0.39 is 0 Å². The fourth-order valence-corrected chi connectivity index (χ4v) is 3.13. The number of hydrogen-bond donors (Lipinski definition) is 1. The molecular weight excluding hydrogens is 388 g/mol. The summed E-state index contributed by atoms with van der Waals surface area (Å²) in [6.07, 6.45) is 1.60. The highest BCUT2D eigenvalue weighted by molar-refractivity contribution is 6.32. The summed E-state index contributed by atoms with van der Waals surface area (Å²) in [4.78, 5) is 6.71. The maximum Gasteiger partial charge on any atom is 0.156 e. The normalized spacial score (nSPS) is 10.6. The van der Waals surface area contributed by atoms with Crippen molar-refractivity contribution in [2.24, 2.45) is 0 Å². The number of ether oxygens (including phenoxy) is 2. The molecule has 152 valence electrons. The van der Waals surface area contributed by atoms with Crippen molar-refractivity contribution in [1.29, 1.82) is 0 Å². The monoisotopic (exact) mass is 412 g/mol. The molecule has 0 bridgehead atoms. The average molecular weight is 413 g/mol. The second-order valence-electron chi connectivity index (χ2n) is 6.73. The number of halogens is 1. The number of nitrogens with zero attached hydrogens (tertiary/aromatic N) is 2. The minimum Gasteiger partial charge on any atom is -0.497 e. The first-order valence-electron chi connectivity index (χ1n) is 9.41. The standard InChI is InChI=1S/C23H25ClN2O3/c1-17-3-5-18(6-4-17)15-26(16-19-7-9-20(28-2)10-8-19)23-13-21(24)22(14-25-23)29-12-11-27/h3-10,13-14,27H,11-12,15-16H2,1-2H3. The number of rotatable bonds is 9. The third-order valence-electron chi connectivity index (χ3n) is 4.50. The van der Waals surface area contributed by atoms with E-state index in [1.807, 2.05) is 24.3 Å². The van der Waals surface area contributed by atoms with Crippen LogP contribution >= 0.6 is 11.6 Å². The first kappa shape index (κ1) is 21.0. The van der Waals surface area contributed by atoms with Gasteiger partial charge in [-0.25, -0.2) is 4.98 Å². The van der Waals surface area contributed by atoms with Gasteiger partial charge < -0.3 is 19.5 Å². The van der Waals surface area contributed by atoms with Crippen LogP contribution in [0.5, 0.6) is 11.5 Å². The van der Waals surface area contributed by atoms with Gasteiger partial charge in [-0.05, 0) is 30.2 Å². The second kappa shape index (κ2) is 10.1. The van der Waals surface area contributed by atoms with E-state index in [-0.39, 0.29) is 13.2 Å². The molecule has 0 radical (unpaired) electrons. The Labute approximate surface area is 176 Å². The van der Waals surface area contributed by atoms with Crippen LogP contribution in [0.3, 0.4) is 0 Å². The largest absolute Gasteiger partial charge is 0.497 e. The fourth-order valence-electron chi connectivity index (χ4n) is 2.93. The summed E-state index contributed by atoms with van der Waals surface area (Å²) in [5.74, 6) is 2.04. The molecule has 3 aromatic rings. The zero-order valence-corrected chi connectivity index (χ0v) is 17.4. The van der Waals surface area contributed by atoms with Gasteiger partial charge in [0.1, 0.15) is 18.2 Å². The number of aliphatic hydroxyl groups is 1. The summed E-state index contributed by atoms with van der Waals surface area (Å²) < 4.78 is 10.7. The molecule has 0 atom stereocenters. The van der Waals surface area contributed by atoms with E-state index >= 15 is 0 Å². The molecule has 2 aromatic carbocycles. The summed E-state index contributed by atoms with van der Waals surface area (Å²) in [6, 6.07) is 18.2. The third-order valence-corrected chi connectivity index (χ3v) is 4.80. The molecule has 29 heavy (non-hydrogen) atoms. The van der Waals surface area contributed by atoms with E-state index in [1.54, 1.807) is 19.4 Å². The van der Waals surface area contributed by atoms with Crippen molar-refractivity contribution in [3.63, 3.8) is 0 Å².